The third kappa shape index (κ3) is 2.71. The maximum atomic E-state index is 5.70. The van der Waals surface area contributed by atoms with E-state index in [1.54, 1.807) is 0 Å². The Morgan fingerprint density at radius 3 is 2.26 bits per heavy atom. The van der Waals surface area contributed by atoms with E-state index >= 15 is 0 Å². The average Bonchev–Trinajstić information content (AvgIpc) is 2.87. The van der Waals surface area contributed by atoms with E-state index in [0.717, 1.165) is 17.1 Å². The van der Waals surface area contributed by atoms with Gasteiger partial charge in [-0.05, 0) is 48.6 Å². The number of H-pyrrole nitrogens is 1. The highest BCUT2D eigenvalue weighted by Crippen LogP contribution is 2.24. The molecule has 0 fully saturated rings. The van der Waals surface area contributed by atoms with Crippen LogP contribution in [0.1, 0.15) is 0 Å². The van der Waals surface area contributed by atoms with Crippen LogP contribution < -0.4 is 4.74 Å². The molecule has 0 aliphatic rings. The first kappa shape index (κ1) is 11.7. The second kappa shape index (κ2) is 5.07. The molecule has 1 aromatic heterocycles. The van der Waals surface area contributed by atoms with Crippen LogP contribution in [0.3, 0.4) is 0 Å². The van der Waals surface area contributed by atoms with Crippen LogP contribution in [0.15, 0.2) is 59.0 Å². The third-order valence-electron chi connectivity index (χ3n) is 2.52. The summed E-state index contributed by atoms with van der Waals surface area (Å²) >= 11 is 4.84. The topological polar surface area (TPSA) is 51.0 Å². The molecule has 0 saturated heterocycles. The fourth-order valence-corrected chi connectivity index (χ4v) is 1.77. The van der Waals surface area contributed by atoms with Crippen molar-refractivity contribution in [3.63, 3.8) is 0 Å². The maximum absolute atomic E-state index is 5.70. The summed E-state index contributed by atoms with van der Waals surface area (Å²) in [6, 6.07) is 17.1. The van der Waals surface area contributed by atoms with E-state index in [2.05, 4.69) is 10.2 Å². The minimum absolute atomic E-state index is 0.264. The molecule has 0 unspecified atom stereocenters. The van der Waals surface area contributed by atoms with Crippen molar-refractivity contribution in [1.29, 1.82) is 0 Å². The number of para-hydroxylation sites is 1. The van der Waals surface area contributed by atoms with Crippen molar-refractivity contribution in [2.45, 2.75) is 0 Å². The van der Waals surface area contributed by atoms with Crippen LogP contribution in [0.5, 0.6) is 11.5 Å². The van der Waals surface area contributed by atoms with E-state index in [1.165, 1.54) is 0 Å². The fourth-order valence-electron chi connectivity index (χ4n) is 1.64. The van der Waals surface area contributed by atoms with E-state index in [4.69, 9.17) is 21.4 Å². The maximum Gasteiger partial charge on any atom is 0.284 e. The molecule has 0 saturated carbocycles. The Kier molecular flexibility index (Phi) is 3.12. The lowest BCUT2D eigenvalue weighted by molar-refractivity contribution is 0.482. The summed E-state index contributed by atoms with van der Waals surface area (Å²) in [5.41, 5.74) is 0.841. The first-order chi connectivity index (χ1) is 9.31. The van der Waals surface area contributed by atoms with Crippen molar-refractivity contribution in [3.05, 3.63) is 59.4 Å². The Bertz CT molecular complexity index is 717. The Morgan fingerprint density at radius 1 is 0.947 bits per heavy atom. The van der Waals surface area contributed by atoms with Crippen molar-refractivity contribution >= 4 is 12.2 Å². The van der Waals surface area contributed by atoms with E-state index in [9.17, 15) is 0 Å². The van der Waals surface area contributed by atoms with Crippen molar-refractivity contribution in [3.8, 4) is 23.0 Å². The van der Waals surface area contributed by atoms with Gasteiger partial charge in [-0.2, -0.15) is 0 Å². The zero-order valence-corrected chi connectivity index (χ0v) is 10.7. The quantitative estimate of drug-likeness (QED) is 0.725. The second-order valence-electron chi connectivity index (χ2n) is 3.86. The molecule has 0 radical (unpaired) electrons. The highest BCUT2D eigenvalue weighted by Gasteiger charge is 2.04. The van der Waals surface area contributed by atoms with Crippen LogP contribution in [0.4, 0.5) is 0 Å². The van der Waals surface area contributed by atoms with Gasteiger partial charge in [0.25, 0.3) is 4.84 Å². The lowest BCUT2D eigenvalue weighted by Gasteiger charge is -2.05. The molecule has 94 valence electrons. The van der Waals surface area contributed by atoms with Crippen LogP contribution in [0, 0.1) is 4.84 Å². The first-order valence-corrected chi connectivity index (χ1v) is 6.11. The molecule has 1 heterocycles. The summed E-state index contributed by atoms with van der Waals surface area (Å²) in [6.45, 7) is 0. The van der Waals surface area contributed by atoms with Gasteiger partial charge in [0.1, 0.15) is 11.5 Å². The molecule has 5 heteroatoms. The van der Waals surface area contributed by atoms with Crippen molar-refractivity contribution in [2.75, 3.05) is 0 Å². The predicted octanol–water partition coefficient (Wildman–Crippen LogP) is 4.19. The molecule has 3 rings (SSSR count). The Morgan fingerprint density at radius 2 is 1.63 bits per heavy atom. The highest BCUT2D eigenvalue weighted by molar-refractivity contribution is 7.71. The van der Waals surface area contributed by atoms with E-state index in [0.29, 0.717) is 5.89 Å². The number of nitrogens with one attached hydrogen (secondary N) is 1. The Hall–Kier alpha value is -2.40. The smallest absolute Gasteiger partial charge is 0.284 e. The lowest BCUT2D eigenvalue weighted by atomic mass is 10.2. The zero-order valence-electron chi connectivity index (χ0n) is 9.87. The SMILES string of the molecule is S=c1[nH]nc(-c2ccc(Oc3ccccc3)cc2)o1. The molecule has 2 aromatic carbocycles. The minimum Gasteiger partial charge on any atom is -0.457 e. The number of benzene rings is 2. The lowest BCUT2D eigenvalue weighted by Crippen LogP contribution is -1.84. The molecule has 0 amide bonds. The molecule has 0 atom stereocenters. The number of hydrogen-bond donors (Lipinski definition) is 1. The summed E-state index contributed by atoms with van der Waals surface area (Å²) in [7, 11) is 0. The first-order valence-electron chi connectivity index (χ1n) is 5.70. The van der Waals surface area contributed by atoms with Crippen LogP contribution in [-0.4, -0.2) is 10.2 Å². The van der Waals surface area contributed by atoms with Gasteiger partial charge in [-0.1, -0.05) is 18.2 Å². The van der Waals surface area contributed by atoms with Gasteiger partial charge in [0.2, 0.25) is 5.89 Å². The van der Waals surface area contributed by atoms with Gasteiger partial charge in [-0.25, -0.2) is 5.10 Å². The van der Waals surface area contributed by atoms with Crippen LogP contribution in [0.2, 0.25) is 0 Å². The van der Waals surface area contributed by atoms with Crippen LogP contribution in [-0.2, 0) is 0 Å². The van der Waals surface area contributed by atoms with Crippen molar-refractivity contribution in [2.24, 2.45) is 0 Å². The number of nitrogens with zero attached hydrogens (tertiary/aromatic N) is 1. The summed E-state index contributed by atoms with van der Waals surface area (Å²) < 4.78 is 10.9. The largest absolute Gasteiger partial charge is 0.457 e. The van der Waals surface area contributed by atoms with Gasteiger partial charge in [0.05, 0.1) is 0 Å². The van der Waals surface area contributed by atoms with E-state index in [-0.39, 0.29) is 4.84 Å². The Labute approximate surface area is 114 Å². The minimum atomic E-state index is 0.264. The number of aromatic nitrogens is 2. The van der Waals surface area contributed by atoms with Gasteiger partial charge < -0.3 is 9.15 Å². The monoisotopic (exact) mass is 270 g/mol. The molecule has 1 N–H and O–H groups in total. The van der Waals surface area contributed by atoms with Crippen LogP contribution in [0.25, 0.3) is 11.5 Å². The number of rotatable bonds is 3. The van der Waals surface area contributed by atoms with E-state index < -0.39 is 0 Å². The molecular weight excluding hydrogens is 260 g/mol. The van der Waals surface area contributed by atoms with Crippen molar-refractivity contribution in [1.82, 2.24) is 10.2 Å². The Balaban J connectivity index is 1.81. The van der Waals surface area contributed by atoms with E-state index in [1.807, 2.05) is 54.6 Å². The normalized spacial score (nSPS) is 10.3. The van der Waals surface area contributed by atoms with Gasteiger partial charge in [0.15, 0.2) is 0 Å². The molecule has 0 aliphatic heterocycles. The molecule has 0 spiro atoms. The molecule has 0 bridgehead atoms. The third-order valence-corrected chi connectivity index (χ3v) is 2.69. The standard InChI is InChI=1S/C14H10N2O2S/c19-14-16-15-13(18-14)10-6-8-12(9-7-10)17-11-4-2-1-3-5-11/h1-9H,(H,16,19). The van der Waals surface area contributed by atoms with Gasteiger partial charge in [0, 0.05) is 5.56 Å². The number of ether oxygens (including phenoxy) is 1. The predicted molar refractivity (Wildman–Crippen MR) is 73.6 cm³/mol. The molecule has 19 heavy (non-hydrogen) atoms. The average molecular weight is 270 g/mol. The summed E-state index contributed by atoms with van der Waals surface area (Å²) in [5.74, 6) is 2.02. The second-order valence-corrected chi connectivity index (χ2v) is 4.23. The molecule has 3 aromatic rings. The van der Waals surface area contributed by atoms with Gasteiger partial charge in [-0.3, -0.25) is 0 Å². The molecular formula is C14H10N2O2S. The van der Waals surface area contributed by atoms with Gasteiger partial charge >= 0.3 is 0 Å². The van der Waals surface area contributed by atoms with Gasteiger partial charge in [-0.15, -0.1) is 5.10 Å². The summed E-state index contributed by atoms with van der Waals surface area (Å²) in [4.78, 5) is 0.264. The number of aromatic amines is 1. The summed E-state index contributed by atoms with van der Waals surface area (Å²) in [5, 5.41) is 6.55. The zero-order chi connectivity index (χ0) is 13.1. The molecule has 4 nitrogen and oxygen atoms in total. The van der Waals surface area contributed by atoms with Crippen molar-refractivity contribution < 1.29 is 9.15 Å². The molecule has 0 aliphatic carbocycles. The fraction of sp³-hybridized carbons (Fsp3) is 0. The highest BCUT2D eigenvalue weighted by atomic mass is 32.1. The number of hydrogen-bond acceptors (Lipinski definition) is 4. The van der Waals surface area contributed by atoms with Crippen LogP contribution >= 0.6 is 12.2 Å². The summed E-state index contributed by atoms with van der Waals surface area (Å²) in [6.07, 6.45) is 0.